The van der Waals surface area contributed by atoms with Gasteiger partial charge in [0, 0.05) is 0 Å². The molecule has 0 unspecified atom stereocenters. The van der Waals surface area contributed by atoms with Crippen LogP contribution >= 0.6 is 0 Å². The minimum Gasteiger partial charge on any atom is -0.194 e. The van der Waals surface area contributed by atoms with Gasteiger partial charge in [-0.2, -0.15) is 127 Å². The zero-order valence-corrected chi connectivity index (χ0v) is 48.2. The lowest BCUT2D eigenvalue weighted by Gasteiger charge is -2.46. The number of alkyl halides is 24. The maximum absolute atomic E-state index is 14.2. The summed E-state index contributed by atoms with van der Waals surface area (Å²) in [6.07, 6.45) is -54.8. The summed E-state index contributed by atoms with van der Waals surface area (Å²) in [6.45, 7) is 20.5. The lowest BCUT2D eigenvalue weighted by atomic mass is 9.12. The van der Waals surface area contributed by atoms with Crippen LogP contribution in [0.1, 0.15) is 124 Å². The van der Waals surface area contributed by atoms with Gasteiger partial charge in [-0.25, -0.2) is 0 Å². The average molecular weight is 1290 g/mol. The maximum Gasteiger partial charge on any atom is 0.416 e. The Kier molecular flexibility index (Phi) is 18.9. The second kappa shape index (κ2) is 23.6. The molecule has 0 aromatic heterocycles. The number of hydrogen-bond donors (Lipinski definition) is 0. The van der Waals surface area contributed by atoms with Crippen molar-refractivity contribution in [3.63, 3.8) is 0 Å². The number of halogens is 24. The minimum absolute atomic E-state index is 0.120. The Balaban J connectivity index is 0.000000334. The maximum atomic E-state index is 14.2. The molecule has 88 heavy (non-hydrogen) atoms. The molecule has 0 heterocycles. The van der Waals surface area contributed by atoms with E-state index in [1.54, 1.807) is 0 Å². The Hall–Kier alpha value is -6.73. The van der Waals surface area contributed by atoms with Crippen molar-refractivity contribution in [2.45, 2.75) is 143 Å². The quantitative estimate of drug-likeness (QED) is 0.0848. The number of rotatable bonds is 7. The smallest absolute Gasteiger partial charge is 0.194 e. The van der Waals surface area contributed by atoms with Crippen molar-refractivity contribution in [1.82, 2.24) is 0 Å². The second-order valence-corrected chi connectivity index (χ2v) is 25.9. The highest BCUT2D eigenvalue weighted by Gasteiger charge is 2.47. The molecule has 0 saturated carbocycles. The van der Waals surface area contributed by atoms with E-state index >= 15 is 0 Å². The van der Waals surface area contributed by atoms with E-state index in [2.05, 4.69) is 135 Å². The molecule has 0 fully saturated rings. The van der Waals surface area contributed by atoms with Gasteiger partial charge >= 0.3 is 49.4 Å². The Bertz CT molecular complexity index is 3020. The van der Waals surface area contributed by atoms with E-state index < -0.39 is 195 Å². The fraction of sp³-hybridized carbons (Fsp3) is 0.323. The van der Waals surface area contributed by atoms with Gasteiger partial charge in [0.2, 0.25) is 0 Å². The van der Waals surface area contributed by atoms with E-state index in [9.17, 15) is 105 Å². The minimum atomic E-state index is -6.13. The molecule has 0 radical (unpaired) electrons. The molecule has 26 heteroatoms. The topological polar surface area (TPSA) is 0 Å². The van der Waals surface area contributed by atoms with Crippen LogP contribution in [-0.4, -0.2) is 6.15 Å². The summed E-state index contributed by atoms with van der Waals surface area (Å²) >= 11 is 0. The van der Waals surface area contributed by atoms with Crippen LogP contribution in [0, 0.1) is 0 Å². The Morgan fingerprint density at radius 1 is 0.205 bits per heavy atom. The molecule has 0 saturated heterocycles. The molecule has 0 N–H and O–H groups in total. The highest BCUT2D eigenvalue weighted by molar-refractivity contribution is 7.97. The first-order valence-electron chi connectivity index (χ1n) is 25.9. The predicted molar refractivity (Wildman–Crippen MR) is 288 cm³/mol. The molecular weight excluding hydrogens is 1240 g/mol. The van der Waals surface area contributed by atoms with Crippen molar-refractivity contribution in [3.8, 4) is 0 Å². The molecule has 476 valence electrons. The SMILES string of the molecule is CC(C)(C)c1ccc([S+](c2ccc(C(C)(C)C)cc2)c2ccc(C(C)(C)C)cc2)cc1.FC(F)(F)c1cc([B-](c2cc(C(F)(F)F)cc(C(F)(F)F)c2)(c2cc(C(F)(F)F)cc(C(F)(F)F)c2)c2cc(C(F)(F)F)cc(C(F)(F)F)c2)cc(C(F)(F)F)c1. The first-order valence-corrected chi connectivity index (χ1v) is 27.2. The molecule has 0 amide bonds. The standard InChI is InChI=1S/C32H12BF24.C30H39S/c34-25(35,36)13-1-14(26(37,38)39)6-21(5-13)33(22-7-15(27(40,41)42)2-16(8-22)28(43,44)45,23-9-17(29(46,47)48)3-18(10-23)30(49,50)51)24-11-19(31(52,53)54)4-20(12-24)32(55,56)57;1-28(2,3)22-10-16-25(17-11-22)31(26-18-12-23(13-19-26)29(4,5)6)27-20-14-24(15-21-27)30(7,8)9/h1-12H;10-21H,1-9H3/q-1;+1. The summed E-state index contributed by atoms with van der Waals surface area (Å²) in [6, 6.07) is 19.0. The van der Waals surface area contributed by atoms with Crippen LogP contribution in [0.4, 0.5) is 105 Å². The zero-order valence-electron chi connectivity index (χ0n) is 47.4. The van der Waals surface area contributed by atoms with Crippen LogP contribution in [0.3, 0.4) is 0 Å². The molecule has 0 aliphatic carbocycles. The molecule has 7 aromatic rings. The first-order chi connectivity index (χ1) is 39.5. The van der Waals surface area contributed by atoms with Crippen molar-refractivity contribution in [1.29, 1.82) is 0 Å². The second-order valence-electron chi connectivity index (χ2n) is 23.9. The predicted octanol–water partition coefficient (Wildman–Crippen LogP) is 19.9. The van der Waals surface area contributed by atoms with Gasteiger partial charge in [-0.05, 0) is 93.6 Å². The van der Waals surface area contributed by atoms with Crippen LogP contribution in [-0.2, 0) is 76.6 Å². The normalized spacial score (nSPS) is 13.8. The van der Waals surface area contributed by atoms with Crippen LogP contribution in [0.2, 0.25) is 0 Å². The zero-order chi connectivity index (χ0) is 66.9. The van der Waals surface area contributed by atoms with E-state index in [4.69, 9.17) is 0 Å². The highest BCUT2D eigenvalue weighted by atomic mass is 32.2. The number of benzene rings is 7. The molecule has 0 nitrogen and oxygen atoms in total. The van der Waals surface area contributed by atoms with Gasteiger partial charge in [-0.3, -0.25) is 0 Å². The summed E-state index contributed by atoms with van der Waals surface area (Å²) in [5.74, 6) is 0. The summed E-state index contributed by atoms with van der Waals surface area (Å²) in [5, 5.41) is 0. The average Bonchev–Trinajstić information content (AvgIpc) is 0.738. The highest BCUT2D eigenvalue weighted by Crippen LogP contribution is 2.43. The van der Waals surface area contributed by atoms with Gasteiger partial charge in [-0.1, -0.05) is 147 Å². The first kappa shape index (κ1) is 70.4. The van der Waals surface area contributed by atoms with Crippen LogP contribution in [0.5, 0.6) is 0 Å². The summed E-state index contributed by atoms with van der Waals surface area (Å²) in [4.78, 5) is 4.13. The monoisotopic (exact) mass is 1290 g/mol. The van der Waals surface area contributed by atoms with Crippen molar-refractivity contribution in [3.05, 3.63) is 207 Å². The molecule has 7 rings (SSSR count). The third-order valence-corrected chi connectivity index (χ3v) is 16.5. The summed E-state index contributed by atoms with van der Waals surface area (Å²) in [7, 11) is -0.120. The van der Waals surface area contributed by atoms with Crippen molar-refractivity contribution < 1.29 is 105 Å². The summed E-state index contributed by atoms with van der Waals surface area (Å²) in [5.41, 5.74) is -25.6. The van der Waals surface area contributed by atoms with E-state index in [0.29, 0.717) is 0 Å². The van der Waals surface area contributed by atoms with E-state index in [1.165, 1.54) is 31.4 Å². The Morgan fingerprint density at radius 3 is 0.455 bits per heavy atom. The fourth-order valence-electron chi connectivity index (χ4n) is 9.75. The van der Waals surface area contributed by atoms with E-state index in [0.717, 1.165) is 0 Å². The van der Waals surface area contributed by atoms with Crippen LogP contribution in [0.25, 0.3) is 0 Å². The molecular formula is C62H51BF24S. The molecule has 0 atom stereocenters. The molecule has 0 spiro atoms. The van der Waals surface area contributed by atoms with Gasteiger partial charge in [0.25, 0.3) is 0 Å². The van der Waals surface area contributed by atoms with Gasteiger partial charge < -0.3 is 0 Å². The van der Waals surface area contributed by atoms with Crippen LogP contribution in [0.15, 0.2) is 160 Å². The molecule has 0 aliphatic rings. The molecule has 7 aromatic carbocycles. The van der Waals surface area contributed by atoms with Crippen LogP contribution < -0.4 is 21.9 Å². The Labute approximate surface area is 492 Å². The van der Waals surface area contributed by atoms with Crippen molar-refractivity contribution in [2.24, 2.45) is 0 Å². The van der Waals surface area contributed by atoms with Crippen molar-refractivity contribution in [2.75, 3.05) is 0 Å². The number of hydrogen-bond acceptors (Lipinski definition) is 0. The van der Waals surface area contributed by atoms with E-state index in [-0.39, 0.29) is 27.1 Å². The Morgan fingerprint density at radius 2 is 0.341 bits per heavy atom. The fourth-order valence-corrected chi connectivity index (χ4v) is 11.8. The summed E-state index contributed by atoms with van der Waals surface area (Å²) < 4.78 is 341. The van der Waals surface area contributed by atoms with Crippen molar-refractivity contribution >= 4 is 38.9 Å². The molecule has 0 aliphatic heterocycles. The largest absolute Gasteiger partial charge is 0.416 e. The molecule has 0 bridgehead atoms. The third kappa shape index (κ3) is 16.2. The van der Waals surface area contributed by atoms with Gasteiger partial charge in [0.05, 0.1) is 55.4 Å². The lowest BCUT2D eigenvalue weighted by molar-refractivity contribution is -0.144. The van der Waals surface area contributed by atoms with Gasteiger partial charge in [0.15, 0.2) is 14.7 Å². The van der Waals surface area contributed by atoms with E-state index in [1.807, 2.05) is 0 Å². The van der Waals surface area contributed by atoms with Gasteiger partial charge in [0.1, 0.15) is 6.15 Å². The third-order valence-electron chi connectivity index (χ3n) is 14.3. The lowest BCUT2D eigenvalue weighted by Crippen LogP contribution is -2.75. The van der Waals surface area contributed by atoms with Gasteiger partial charge in [-0.15, -0.1) is 0 Å².